The van der Waals surface area contributed by atoms with Crippen molar-refractivity contribution in [3.63, 3.8) is 0 Å². The molecule has 0 radical (unpaired) electrons. The summed E-state index contributed by atoms with van der Waals surface area (Å²) >= 11 is 9.50. The number of aromatic nitrogens is 2. The van der Waals surface area contributed by atoms with Gasteiger partial charge in [0.2, 0.25) is 0 Å². The molecule has 0 aliphatic carbocycles. The number of rotatable bonds is 1. The number of fused-ring (bicyclic) bond motifs is 1. The Morgan fingerprint density at radius 2 is 1.89 bits per heavy atom. The van der Waals surface area contributed by atoms with Gasteiger partial charge in [0, 0.05) is 16.8 Å². The molecule has 18 heavy (non-hydrogen) atoms. The van der Waals surface area contributed by atoms with Crippen LogP contribution in [0.1, 0.15) is 5.56 Å². The topological polar surface area (TPSA) is 17.3 Å². The van der Waals surface area contributed by atoms with Crippen LogP contribution < -0.4 is 0 Å². The van der Waals surface area contributed by atoms with Gasteiger partial charge in [0.15, 0.2) is 0 Å². The first-order valence-corrected chi connectivity index (χ1v) is 6.72. The lowest BCUT2D eigenvalue weighted by atomic mass is 10.2. The summed E-state index contributed by atoms with van der Waals surface area (Å²) in [5.74, 6) is 0. The minimum Gasteiger partial charge on any atom is -0.294 e. The summed E-state index contributed by atoms with van der Waals surface area (Å²) in [6.45, 7) is 2.06. The van der Waals surface area contributed by atoms with Crippen molar-refractivity contribution in [1.82, 2.24) is 9.38 Å². The van der Waals surface area contributed by atoms with E-state index in [4.69, 9.17) is 11.6 Å². The van der Waals surface area contributed by atoms with Crippen molar-refractivity contribution in [3.05, 3.63) is 57.8 Å². The quantitative estimate of drug-likeness (QED) is 0.633. The van der Waals surface area contributed by atoms with Crippen LogP contribution in [0.3, 0.4) is 0 Å². The summed E-state index contributed by atoms with van der Waals surface area (Å²) in [5, 5.41) is 0.731. The van der Waals surface area contributed by atoms with Crippen LogP contribution in [0.25, 0.3) is 16.9 Å². The van der Waals surface area contributed by atoms with Gasteiger partial charge in [-0.25, -0.2) is 4.98 Å². The van der Waals surface area contributed by atoms with Gasteiger partial charge in [-0.15, -0.1) is 0 Å². The fourth-order valence-electron chi connectivity index (χ4n) is 1.91. The van der Waals surface area contributed by atoms with Crippen LogP contribution in [0.5, 0.6) is 0 Å². The highest BCUT2D eigenvalue weighted by Crippen LogP contribution is 2.29. The second-order valence-corrected chi connectivity index (χ2v) is 5.38. The molecule has 0 N–H and O–H groups in total. The maximum atomic E-state index is 5.90. The van der Waals surface area contributed by atoms with Crippen molar-refractivity contribution in [2.75, 3.05) is 0 Å². The Balaban J connectivity index is 2.23. The second-order valence-electron chi connectivity index (χ2n) is 4.19. The number of nitrogens with zero attached hydrogens (tertiary/aromatic N) is 2. The lowest BCUT2D eigenvalue weighted by Gasteiger charge is -1.98. The van der Waals surface area contributed by atoms with Gasteiger partial charge < -0.3 is 0 Å². The molecule has 90 valence electrons. The highest BCUT2D eigenvalue weighted by molar-refractivity contribution is 9.10. The third-order valence-corrected chi connectivity index (χ3v) is 3.85. The maximum Gasteiger partial charge on any atom is 0.138 e. The van der Waals surface area contributed by atoms with E-state index in [1.54, 1.807) is 0 Å². The van der Waals surface area contributed by atoms with E-state index in [9.17, 15) is 0 Å². The molecule has 0 fully saturated rings. The zero-order chi connectivity index (χ0) is 12.7. The molecule has 0 aliphatic heterocycles. The van der Waals surface area contributed by atoms with Gasteiger partial charge in [0.05, 0.1) is 0 Å². The molecule has 1 aromatic carbocycles. The minimum absolute atomic E-state index is 0.731. The Kier molecular flexibility index (Phi) is 2.88. The number of hydrogen-bond donors (Lipinski definition) is 0. The number of aryl methyl sites for hydroxylation is 1. The van der Waals surface area contributed by atoms with E-state index in [0.29, 0.717) is 0 Å². The van der Waals surface area contributed by atoms with Crippen LogP contribution >= 0.6 is 27.5 Å². The summed E-state index contributed by atoms with van der Waals surface area (Å²) in [4.78, 5) is 4.65. The first kappa shape index (κ1) is 11.8. The predicted molar refractivity (Wildman–Crippen MR) is 78.1 cm³/mol. The number of halogens is 2. The van der Waals surface area contributed by atoms with E-state index in [-0.39, 0.29) is 0 Å². The van der Waals surface area contributed by atoms with Gasteiger partial charge in [-0.2, -0.15) is 0 Å². The van der Waals surface area contributed by atoms with Gasteiger partial charge in [-0.1, -0.05) is 23.7 Å². The molecule has 2 aromatic heterocycles. The summed E-state index contributed by atoms with van der Waals surface area (Å²) in [6.07, 6.45) is 2.02. The normalized spacial score (nSPS) is 11.1. The molecule has 0 saturated heterocycles. The molecule has 0 unspecified atom stereocenters. The molecule has 2 heterocycles. The minimum atomic E-state index is 0.731. The molecule has 3 aromatic rings. The number of pyridine rings is 1. The molecule has 0 aliphatic rings. The van der Waals surface area contributed by atoms with Crippen molar-refractivity contribution >= 4 is 33.2 Å². The summed E-state index contributed by atoms with van der Waals surface area (Å²) in [6, 6.07) is 11.8. The highest BCUT2D eigenvalue weighted by atomic mass is 79.9. The molecule has 0 saturated carbocycles. The molecule has 0 atom stereocenters. The van der Waals surface area contributed by atoms with E-state index in [1.807, 2.05) is 34.9 Å². The highest BCUT2D eigenvalue weighted by Gasteiger charge is 2.11. The maximum absolute atomic E-state index is 5.90. The third-order valence-electron chi connectivity index (χ3n) is 2.84. The van der Waals surface area contributed by atoms with Gasteiger partial charge >= 0.3 is 0 Å². The van der Waals surface area contributed by atoms with E-state index in [0.717, 1.165) is 26.5 Å². The molecule has 2 nitrogen and oxygen atoms in total. The Hall–Kier alpha value is -1.32. The largest absolute Gasteiger partial charge is 0.294 e. The van der Waals surface area contributed by atoms with Gasteiger partial charge in [0.25, 0.3) is 0 Å². The predicted octanol–water partition coefficient (Wildman–Crippen LogP) is 4.73. The van der Waals surface area contributed by atoms with Gasteiger partial charge in [-0.05, 0) is 52.7 Å². The fourth-order valence-corrected chi connectivity index (χ4v) is 2.65. The van der Waals surface area contributed by atoms with Crippen molar-refractivity contribution < 1.29 is 0 Å². The van der Waals surface area contributed by atoms with Crippen LogP contribution in [0, 0.1) is 6.92 Å². The van der Waals surface area contributed by atoms with Crippen molar-refractivity contribution in [2.24, 2.45) is 0 Å². The SMILES string of the molecule is Cc1ccn2c(Br)c(-c3ccc(Cl)cc3)nc2c1. The average molecular weight is 322 g/mol. The van der Waals surface area contributed by atoms with Crippen molar-refractivity contribution in [2.45, 2.75) is 6.92 Å². The standard InChI is InChI=1S/C14H10BrClN2/c1-9-6-7-18-12(8-9)17-13(14(18)15)10-2-4-11(16)5-3-10/h2-8H,1H3. The van der Waals surface area contributed by atoms with Crippen LogP contribution in [0.2, 0.25) is 5.02 Å². The van der Waals surface area contributed by atoms with Gasteiger partial charge in [0.1, 0.15) is 15.9 Å². The first-order valence-electron chi connectivity index (χ1n) is 5.55. The molecule has 4 heteroatoms. The average Bonchev–Trinajstić information content (AvgIpc) is 2.67. The van der Waals surface area contributed by atoms with E-state index >= 15 is 0 Å². The molecular weight excluding hydrogens is 312 g/mol. The van der Waals surface area contributed by atoms with E-state index < -0.39 is 0 Å². The van der Waals surface area contributed by atoms with Crippen molar-refractivity contribution in [1.29, 1.82) is 0 Å². The number of hydrogen-bond acceptors (Lipinski definition) is 1. The Bertz CT molecular complexity index is 716. The summed E-state index contributed by atoms with van der Waals surface area (Å²) < 4.78 is 2.98. The van der Waals surface area contributed by atoms with Crippen LogP contribution in [0.15, 0.2) is 47.2 Å². The Labute approximate surface area is 118 Å². The zero-order valence-electron chi connectivity index (χ0n) is 9.69. The Morgan fingerprint density at radius 3 is 2.61 bits per heavy atom. The fraction of sp³-hybridized carbons (Fsp3) is 0.0714. The lowest BCUT2D eigenvalue weighted by Crippen LogP contribution is -1.84. The number of benzene rings is 1. The first-order chi connectivity index (χ1) is 8.65. The van der Waals surface area contributed by atoms with Crippen LogP contribution in [-0.4, -0.2) is 9.38 Å². The van der Waals surface area contributed by atoms with E-state index in [2.05, 4.69) is 40.0 Å². The molecule has 0 bridgehead atoms. The Morgan fingerprint density at radius 1 is 1.17 bits per heavy atom. The second kappa shape index (κ2) is 4.41. The molecule has 3 rings (SSSR count). The monoisotopic (exact) mass is 320 g/mol. The lowest BCUT2D eigenvalue weighted by molar-refractivity contribution is 1.14. The molecule has 0 spiro atoms. The summed E-state index contributed by atoms with van der Waals surface area (Å²) in [5.41, 5.74) is 4.11. The zero-order valence-corrected chi connectivity index (χ0v) is 12.0. The molecule has 0 amide bonds. The third kappa shape index (κ3) is 1.93. The van der Waals surface area contributed by atoms with E-state index in [1.165, 1.54) is 5.56 Å². The van der Waals surface area contributed by atoms with Gasteiger partial charge in [-0.3, -0.25) is 4.40 Å². The van der Waals surface area contributed by atoms with Crippen LogP contribution in [-0.2, 0) is 0 Å². The summed E-state index contributed by atoms with van der Waals surface area (Å²) in [7, 11) is 0. The number of imidazole rings is 1. The van der Waals surface area contributed by atoms with Crippen LogP contribution in [0.4, 0.5) is 0 Å². The van der Waals surface area contributed by atoms with Crippen molar-refractivity contribution in [3.8, 4) is 11.3 Å². The molecular formula is C14H10BrClN2. The smallest absolute Gasteiger partial charge is 0.138 e.